The van der Waals surface area contributed by atoms with E-state index >= 15 is 0 Å². The number of carbonyl (C=O) groups is 3. The number of halogens is 1. The Morgan fingerprint density at radius 2 is 1.82 bits per heavy atom. The summed E-state index contributed by atoms with van der Waals surface area (Å²) in [6.07, 6.45) is 1.23. The van der Waals surface area contributed by atoms with E-state index in [2.05, 4.69) is 25.8 Å². The maximum absolute atomic E-state index is 12.9. The van der Waals surface area contributed by atoms with Crippen molar-refractivity contribution < 1.29 is 23.9 Å². The molecule has 0 saturated heterocycles. The number of amides is 3. The lowest BCUT2D eigenvalue weighted by atomic mass is 10.3. The predicted octanol–water partition coefficient (Wildman–Crippen LogP) is 1.88. The first-order valence-corrected chi connectivity index (χ1v) is 7.78. The average Bonchev–Trinajstić information content (AvgIpc) is 3.22. The molecule has 2 heterocycles. The van der Waals surface area contributed by atoms with Crippen LogP contribution in [0.15, 0.2) is 36.7 Å². The second kappa shape index (κ2) is 7.57. The first-order valence-electron chi connectivity index (χ1n) is 7.78. The van der Waals surface area contributed by atoms with Crippen molar-refractivity contribution in [2.24, 2.45) is 7.05 Å². The zero-order valence-electron chi connectivity index (χ0n) is 14.4. The van der Waals surface area contributed by atoms with E-state index in [1.54, 1.807) is 0 Å². The number of nitrogens with zero attached hydrogens (tertiary/aromatic N) is 3. The molecule has 0 bridgehead atoms. The molecule has 0 unspecified atom stereocenters. The molecule has 0 aliphatic heterocycles. The number of aromatic amines is 1. The zero-order chi connectivity index (χ0) is 20.3. The Bertz CT molecular complexity index is 1040. The lowest BCUT2D eigenvalue weighted by Crippen LogP contribution is -2.20. The van der Waals surface area contributed by atoms with Crippen LogP contribution in [0.3, 0.4) is 0 Å². The number of hydrogen-bond donors (Lipinski definition) is 5. The molecule has 144 valence electrons. The van der Waals surface area contributed by atoms with Gasteiger partial charge in [0, 0.05) is 18.9 Å². The van der Waals surface area contributed by atoms with E-state index in [1.807, 2.05) is 5.32 Å². The fourth-order valence-corrected chi connectivity index (χ4v) is 2.31. The minimum Gasteiger partial charge on any atom is -0.465 e. The van der Waals surface area contributed by atoms with Gasteiger partial charge in [0.1, 0.15) is 11.5 Å². The van der Waals surface area contributed by atoms with Gasteiger partial charge in [0.05, 0.1) is 11.9 Å². The Hall–Kier alpha value is -4.22. The number of carbonyl (C=O) groups excluding carboxylic acids is 2. The second-order valence-corrected chi connectivity index (χ2v) is 5.56. The number of carboxylic acid groups (broad SMARTS) is 1. The number of anilines is 3. The van der Waals surface area contributed by atoms with Crippen molar-refractivity contribution in [1.29, 1.82) is 0 Å². The molecule has 3 aromatic rings. The maximum atomic E-state index is 12.9. The van der Waals surface area contributed by atoms with Gasteiger partial charge in [-0.05, 0) is 24.3 Å². The van der Waals surface area contributed by atoms with Crippen LogP contribution in [-0.4, -0.2) is 42.8 Å². The fraction of sp³-hybridized carbons (Fsp3) is 0.0625. The van der Waals surface area contributed by atoms with Crippen LogP contribution in [-0.2, 0) is 7.05 Å². The Balaban J connectivity index is 1.74. The van der Waals surface area contributed by atoms with Gasteiger partial charge in [0.25, 0.3) is 11.8 Å². The lowest BCUT2D eigenvalue weighted by Gasteiger charge is -2.07. The number of aromatic nitrogens is 4. The third kappa shape index (κ3) is 4.12. The zero-order valence-corrected chi connectivity index (χ0v) is 14.4. The number of hydrogen-bond acceptors (Lipinski definition) is 5. The Morgan fingerprint density at radius 1 is 1.11 bits per heavy atom. The van der Waals surface area contributed by atoms with Gasteiger partial charge in [0.2, 0.25) is 5.82 Å². The van der Waals surface area contributed by atoms with Crippen molar-refractivity contribution in [3.63, 3.8) is 0 Å². The molecule has 0 aliphatic carbocycles. The molecule has 0 atom stereocenters. The van der Waals surface area contributed by atoms with Crippen LogP contribution < -0.4 is 16.0 Å². The largest absolute Gasteiger partial charge is 0.465 e. The van der Waals surface area contributed by atoms with E-state index in [0.29, 0.717) is 5.69 Å². The van der Waals surface area contributed by atoms with E-state index in [0.717, 1.165) is 0 Å². The van der Waals surface area contributed by atoms with Crippen molar-refractivity contribution in [1.82, 2.24) is 19.7 Å². The minimum absolute atomic E-state index is 0.0263. The summed E-state index contributed by atoms with van der Waals surface area (Å²) in [5.41, 5.74) is 0.405. The van der Waals surface area contributed by atoms with Crippen LogP contribution in [0, 0.1) is 5.82 Å². The third-order valence-corrected chi connectivity index (χ3v) is 3.53. The number of rotatable bonds is 5. The van der Waals surface area contributed by atoms with Gasteiger partial charge in [-0.3, -0.25) is 20.0 Å². The number of nitrogens with one attached hydrogen (secondary N) is 4. The molecule has 0 spiro atoms. The van der Waals surface area contributed by atoms with Crippen LogP contribution in [0.25, 0.3) is 0 Å². The Kier molecular flexibility index (Phi) is 5.02. The molecule has 0 fully saturated rings. The summed E-state index contributed by atoms with van der Waals surface area (Å²) in [6, 6.07) is 5.14. The molecule has 3 amide bonds. The highest BCUT2D eigenvalue weighted by Gasteiger charge is 2.20. The SMILES string of the molecule is Cn1cc(NC(=O)O)nc1C(=O)Nc1cn[nH]c1C(=O)Nc1ccc(F)cc1. The van der Waals surface area contributed by atoms with E-state index in [1.165, 1.54) is 48.3 Å². The third-order valence-electron chi connectivity index (χ3n) is 3.53. The monoisotopic (exact) mass is 387 g/mol. The van der Waals surface area contributed by atoms with Crippen molar-refractivity contribution >= 4 is 35.1 Å². The molecule has 12 heteroatoms. The number of benzene rings is 1. The van der Waals surface area contributed by atoms with Gasteiger partial charge in [0.15, 0.2) is 5.82 Å². The van der Waals surface area contributed by atoms with E-state index in [-0.39, 0.29) is 23.0 Å². The molecule has 5 N–H and O–H groups in total. The van der Waals surface area contributed by atoms with E-state index in [4.69, 9.17) is 5.11 Å². The highest BCUT2D eigenvalue weighted by Crippen LogP contribution is 2.17. The molecule has 2 aromatic heterocycles. The first-order chi connectivity index (χ1) is 13.3. The molecule has 28 heavy (non-hydrogen) atoms. The summed E-state index contributed by atoms with van der Waals surface area (Å²) in [5.74, 6) is -1.85. The number of H-pyrrole nitrogens is 1. The van der Waals surface area contributed by atoms with Crippen molar-refractivity contribution in [2.45, 2.75) is 0 Å². The maximum Gasteiger partial charge on any atom is 0.410 e. The molecule has 0 radical (unpaired) electrons. The standard InChI is InChI=1S/C16H14FN7O4/c1-24-7-11(22-16(27)28)21-13(24)15(26)20-10-6-18-23-12(10)14(25)19-9-4-2-8(17)3-5-9/h2-7,22H,1H3,(H,18,23)(H,19,25)(H,20,26)(H,27,28). The summed E-state index contributed by atoms with van der Waals surface area (Å²) >= 11 is 0. The molecule has 3 rings (SSSR count). The van der Waals surface area contributed by atoms with Crippen molar-refractivity contribution in [3.05, 3.63) is 54.0 Å². The highest BCUT2D eigenvalue weighted by atomic mass is 19.1. The smallest absolute Gasteiger partial charge is 0.410 e. The van der Waals surface area contributed by atoms with E-state index < -0.39 is 23.7 Å². The molecular formula is C16H14FN7O4. The average molecular weight is 387 g/mol. The molecule has 11 nitrogen and oxygen atoms in total. The molecule has 0 saturated carbocycles. The lowest BCUT2D eigenvalue weighted by molar-refractivity contribution is 0.101. The van der Waals surface area contributed by atoms with Crippen molar-refractivity contribution in [3.8, 4) is 0 Å². The van der Waals surface area contributed by atoms with Crippen LogP contribution >= 0.6 is 0 Å². The summed E-state index contributed by atoms with van der Waals surface area (Å²) in [4.78, 5) is 39.3. The fourth-order valence-electron chi connectivity index (χ4n) is 2.31. The summed E-state index contributed by atoms with van der Waals surface area (Å²) in [7, 11) is 1.51. The van der Waals surface area contributed by atoms with Gasteiger partial charge >= 0.3 is 6.09 Å². The van der Waals surface area contributed by atoms with Gasteiger partial charge in [-0.15, -0.1) is 0 Å². The first kappa shape index (κ1) is 18.6. The van der Waals surface area contributed by atoms with Crippen LogP contribution in [0.5, 0.6) is 0 Å². The van der Waals surface area contributed by atoms with E-state index in [9.17, 15) is 18.8 Å². The second-order valence-electron chi connectivity index (χ2n) is 5.56. The minimum atomic E-state index is -1.32. The predicted molar refractivity (Wildman–Crippen MR) is 95.7 cm³/mol. The van der Waals surface area contributed by atoms with Crippen LogP contribution in [0.2, 0.25) is 0 Å². The van der Waals surface area contributed by atoms with Crippen LogP contribution in [0.1, 0.15) is 21.1 Å². The summed E-state index contributed by atoms with van der Waals surface area (Å²) < 4.78 is 14.3. The van der Waals surface area contributed by atoms with Gasteiger partial charge < -0.3 is 20.3 Å². The van der Waals surface area contributed by atoms with Crippen molar-refractivity contribution in [2.75, 3.05) is 16.0 Å². The van der Waals surface area contributed by atoms with Gasteiger partial charge in [-0.2, -0.15) is 5.10 Å². The van der Waals surface area contributed by atoms with Gasteiger partial charge in [-0.1, -0.05) is 0 Å². The molecule has 0 aliphatic rings. The quantitative estimate of drug-likeness (QED) is 0.450. The van der Waals surface area contributed by atoms with Crippen LogP contribution in [0.4, 0.5) is 26.4 Å². The Labute approximate surface area is 156 Å². The topological polar surface area (TPSA) is 154 Å². The Morgan fingerprint density at radius 3 is 2.50 bits per heavy atom. The highest BCUT2D eigenvalue weighted by molar-refractivity contribution is 6.10. The normalized spacial score (nSPS) is 10.4. The summed E-state index contributed by atoms with van der Waals surface area (Å²) in [5, 5.41) is 22.0. The summed E-state index contributed by atoms with van der Waals surface area (Å²) in [6.45, 7) is 0. The number of aryl methyl sites for hydroxylation is 1. The van der Waals surface area contributed by atoms with Gasteiger partial charge in [-0.25, -0.2) is 14.2 Å². The number of imidazole rings is 1. The molecule has 1 aromatic carbocycles. The molecular weight excluding hydrogens is 373 g/mol.